The lowest BCUT2D eigenvalue weighted by Crippen LogP contribution is -2.10. The third kappa shape index (κ3) is 3.59. The predicted octanol–water partition coefficient (Wildman–Crippen LogP) is 3.55. The van der Waals surface area contributed by atoms with Gasteiger partial charge in [0, 0.05) is 18.7 Å². The lowest BCUT2D eigenvalue weighted by Gasteiger charge is -2.12. The van der Waals surface area contributed by atoms with E-state index in [0.29, 0.717) is 0 Å². The van der Waals surface area contributed by atoms with Gasteiger partial charge in [-0.05, 0) is 14.1 Å². The molecule has 0 N–H and O–H groups in total. The summed E-state index contributed by atoms with van der Waals surface area (Å²) in [7, 11) is 4.06. The molecule has 0 aromatic heterocycles. The van der Waals surface area contributed by atoms with Crippen LogP contribution in [0.2, 0.25) is 0 Å². The molecule has 4 heteroatoms. The Morgan fingerprint density at radius 3 is 2.80 bits per heavy atom. The van der Waals surface area contributed by atoms with Gasteiger partial charge in [0.05, 0.1) is 4.92 Å². The minimum absolute atomic E-state index is 0.114. The molecule has 0 aliphatic rings. The molecule has 2 aromatic carbocycles. The minimum atomic E-state index is -0.378. The maximum absolute atomic E-state index is 10.7. The minimum Gasteiger partial charge on any atom is -0.307 e. The second-order valence-electron chi connectivity index (χ2n) is 4.93. The van der Waals surface area contributed by atoms with Gasteiger partial charge in [-0.3, -0.25) is 10.1 Å². The van der Waals surface area contributed by atoms with Gasteiger partial charge in [0.1, 0.15) is 0 Å². The Morgan fingerprint density at radius 2 is 2.10 bits per heavy atom. The van der Waals surface area contributed by atoms with E-state index in [4.69, 9.17) is 0 Å². The van der Waals surface area contributed by atoms with Crippen LogP contribution in [0.4, 0.5) is 5.69 Å². The molecule has 0 unspecified atom stereocenters. The zero-order valence-electron chi connectivity index (χ0n) is 11.6. The molecule has 0 amide bonds. The van der Waals surface area contributed by atoms with Crippen LogP contribution in [-0.4, -0.2) is 23.9 Å². The van der Waals surface area contributed by atoms with Gasteiger partial charge in [-0.15, -0.1) is 29.3 Å². The van der Waals surface area contributed by atoms with Crippen molar-refractivity contribution in [3.05, 3.63) is 69.3 Å². The molecule has 0 bridgehead atoms. The van der Waals surface area contributed by atoms with Crippen LogP contribution in [0.3, 0.4) is 0 Å². The van der Waals surface area contributed by atoms with E-state index in [2.05, 4.69) is 11.0 Å². The van der Waals surface area contributed by atoms with Gasteiger partial charge in [0.2, 0.25) is 0 Å². The SMILES string of the molecule is CN(C)Cc1ccc[c-]1/C=C/c1cccc([N+](=O)[O-])c1. The van der Waals surface area contributed by atoms with Crippen molar-refractivity contribution >= 4 is 17.8 Å². The number of nitro groups is 1. The summed E-state index contributed by atoms with van der Waals surface area (Å²) in [6.45, 7) is 0.877. The molecule has 0 heterocycles. The normalized spacial score (nSPS) is 11.3. The fraction of sp³-hybridized carbons (Fsp3) is 0.188. The van der Waals surface area contributed by atoms with Crippen LogP contribution in [0.1, 0.15) is 16.7 Å². The van der Waals surface area contributed by atoms with Crippen LogP contribution in [0.25, 0.3) is 12.2 Å². The zero-order chi connectivity index (χ0) is 14.5. The molecule has 2 rings (SSSR count). The molecular weight excluding hydrogens is 252 g/mol. The second-order valence-corrected chi connectivity index (χ2v) is 4.93. The quantitative estimate of drug-likeness (QED) is 0.474. The van der Waals surface area contributed by atoms with Gasteiger partial charge in [-0.2, -0.15) is 12.1 Å². The molecule has 4 nitrogen and oxygen atoms in total. The molecule has 104 valence electrons. The Balaban J connectivity index is 2.19. The lowest BCUT2D eigenvalue weighted by atomic mass is 10.1. The standard InChI is InChI=1S/C16H17N2O2/c1-17(2)12-15-7-4-6-14(15)10-9-13-5-3-8-16(11-13)18(19)20/h3-11H,12H2,1-2H3/q-1/b10-9+. The molecule has 0 saturated heterocycles. The first kappa shape index (κ1) is 14.1. The molecular formula is C16H17N2O2-. The summed E-state index contributed by atoms with van der Waals surface area (Å²) in [5.41, 5.74) is 3.33. The summed E-state index contributed by atoms with van der Waals surface area (Å²) in [4.78, 5) is 12.5. The predicted molar refractivity (Wildman–Crippen MR) is 81.5 cm³/mol. The first-order valence-corrected chi connectivity index (χ1v) is 6.38. The summed E-state index contributed by atoms with van der Waals surface area (Å²) in [6, 6.07) is 12.8. The summed E-state index contributed by atoms with van der Waals surface area (Å²) in [5, 5.41) is 10.7. The van der Waals surface area contributed by atoms with E-state index in [1.54, 1.807) is 12.1 Å². The van der Waals surface area contributed by atoms with Crippen LogP contribution < -0.4 is 0 Å². The number of non-ortho nitro benzene ring substituents is 1. The third-order valence-electron chi connectivity index (χ3n) is 2.97. The Morgan fingerprint density at radius 1 is 1.30 bits per heavy atom. The van der Waals surface area contributed by atoms with E-state index in [1.165, 1.54) is 11.6 Å². The molecule has 0 spiro atoms. The van der Waals surface area contributed by atoms with E-state index in [1.807, 2.05) is 44.4 Å². The summed E-state index contributed by atoms with van der Waals surface area (Å²) < 4.78 is 0. The number of rotatable bonds is 5. The molecule has 0 radical (unpaired) electrons. The van der Waals surface area contributed by atoms with Crippen molar-refractivity contribution in [3.63, 3.8) is 0 Å². The number of benzene rings is 1. The Bertz CT molecular complexity index is 627. The van der Waals surface area contributed by atoms with Crippen LogP contribution in [0.15, 0.2) is 42.5 Å². The summed E-state index contributed by atoms with van der Waals surface area (Å²) in [5.74, 6) is 0. The molecule has 0 fully saturated rings. The smallest absolute Gasteiger partial charge is 0.269 e. The van der Waals surface area contributed by atoms with Crippen molar-refractivity contribution < 1.29 is 4.92 Å². The Labute approximate surface area is 118 Å². The fourth-order valence-corrected chi connectivity index (χ4v) is 2.05. The van der Waals surface area contributed by atoms with Gasteiger partial charge in [-0.25, -0.2) is 0 Å². The van der Waals surface area contributed by atoms with E-state index in [9.17, 15) is 10.1 Å². The molecule has 0 aliphatic heterocycles. The molecule has 0 saturated carbocycles. The van der Waals surface area contributed by atoms with E-state index >= 15 is 0 Å². The van der Waals surface area contributed by atoms with Crippen molar-refractivity contribution in [1.82, 2.24) is 4.90 Å². The highest BCUT2D eigenvalue weighted by atomic mass is 16.6. The lowest BCUT2D eigenvalue weighted by molar-refractivity contribution is -0.384. The van der Waals surface area contributed by atoms with Crippen molar-refractivity contribution in [2.75, 3.05) is 14.1 Å². The molecule has 2 aromatic rings. The van der Waals surface area contributed by atoms with Gasteiger partial charge < -0.3 is 4.90 Å². The van der Waals surface area contributed by atoms with Gasteiger partial charge in [0.25, 0.3) is 5.69 Å². The van der Waals surface area contributed by atoms with Gasteiger partial charge in [-0.1, -0.05) is 17.7 Å². The third-order valence-corrected chi connectivity index (χ3v) is 2.97. The average molecular weight is 269 g/mol. The summed E-state index contributed by atoms with van der Waals surface area (Å²) in [6.07, 6.45) is 3.90. The fourth-order valence-electron chi connectivity index (χ4n) is 2.05. The van der Waals surface area contributed by atoms with Gasteiger partial charge in [0.15, 0.2) is 0 Å². The average Bonchev–Trinajstić information content (AvgIpc) is 2.83. The first-order valence-electron chi connectivity index (χ1n) is 6.38. The van der Waals surface area contributed by atoms with Crippen LogP contribution >= 0.6 is 0 Å². The maximum Gasteiger partial charge on any atom is 0.269 e. The Hall–Kier alpha value is -2.33. The van der Waals surface area contributed by atoms with Crippen LogP contribution in [-0.2, 0) is 6.54 Å². The monoisotopic (exact) mass is 269 g/mol. The zero-order valence-corrected chi connectivity index (χ0v) is 11.6. The van der Waals surface area contributed by atoms with Crippen molar-refractivity contribution in [3.8, 4) is 0 Å². The number of nitro benzene ring substituents is 1. The van der Waals surface area contributed by atoms with Crippen molar-refractivity contribution in [1.29, 1.82) is 0 Å². The highest BCUT2D eigenvalue weighted by molar-refractivity contribution is 5.72. The number of hydrogen-bond acceptors (Lipinski definition) is 3. The number of nitrogens with zero attached hydrogens (tertiary/aromatic N) is 2. The van der Waals surface area contributed by atoms with E-state index in [-0.39, 0.29) is 10.6 Å². The van der Waals surface area contributed by atoms with Crippen molar-refractivity contribution in [2.24, 2.45) is 0 Å². The number of hydrogen-bond donors (Lipinski definition) is 0. The molecule has 20 heavy (non-hydrogen) atoms. The van der Waals surface area contributed by atoms with E-state index in [0.717, 1.165) is 17.7 Å². The topological polar surface area (TPSA) is 46.4 Å². The van der Waals surface area contributed by atoms with Crippen LogP contribution in [0, 0.1) is 10.1 Å². The van der Waals surface area contributed by atoms with Crippen molar-refractivity contribution in [2.45, 2.75) is 6.54 Å². The molecule has 0 atom stereocenters. The van der Waals surface area contributed by atoms with Gasteiger partial charge >= 0.3 is 0 Å². The highest BCUT2D eigenvalue weighted by Crippen LogP contribution is 2.18. The van der Waals surface area contributed by atoms with E-state index < -0.39 is 0 Å². The highest BCUT2D eigenvalue weighted by Gasteiger charge is 2.02. The first-order chi connectivity index (χ1) is 9.56. The largest absolute Gasteiger partial charge is 0.307 e. The van der Waals surface area contributed by atoms with Crippen LogP contribution in [0.5, 0.6) is 0 Å². The molecule has 0 aliphatic carbocycles. The summed E-state index contributed by atoms with van der Waals surface area (Å²) >= 11 is 0. The maximum atomic E-state index is 10.7. The Kier molecular flexibility index (Phi) is 4.38. The second kappa shape index (κ2) is 6.21.